The van der Waals surface area contributed by atoms with E-state index in [9.17, 15) is 4.79 Å². The summed E-state index contributed by atoms with van der Waals surface area (Å²) in [5.41, 5.74) is 4.91. The van der Waals surface area contributed by atoms with Crippen LogP contribution in [0.1, 0.15) is 22.8 Å². The summed E-state index contributed by atoms with van der Waals surface area (Å²) in [6.45, 7) is 2.12. The van der Waals surface area contributed by atoms with Crippen molar-refractivity contribution < 1.29 is 4.79 Å². The van der Waals surface area contributed by atoms with E-state index in [2.05, 4.69) is 89.0 Å². The van der Waals surface area contributed by atoms with Gasteiger partial charge in [0.05, 0.1) is 11.3 Å². The zero-order chi connectivity index (χ0) is 20.5. The van der Waals surface area contributed by atoms with Crippen LogP contribution in [0.25, 0.3) is 16.7 Å². The molecule has 0 saturated heterocycles. The van der Waals surface area contributed by atoms with Gasteiger partial charge in [0.25, 0.3) is 5.91 Å². The zero-order valence-corrected chi connectivity index (χ0v) is 20.6. The van der Waals surface area contributed by atoms with E-state index in [1.165, 1.54) is 5.56 Å². The second-order valence-electron chi connectivity index (χ2n) is 6.42. The Kier molecular flexibility index (Phi) is 6.03. The van der Waals surface area contributed by atoms with Crippen LogP contribution < -0.4 is 5.32 Å². The number of benzene rings is 3. The van der Waals surface area contributed by atoms with Gasteiger partial charge in [-0.25, -0.2) is 0 Å². The van der Waals surface area contributed by atoms with E-state index in [0.29, 0.717) is 16.8 Å². The highest BCUT2D eigenvalue weighted by atomic mass is 127. The molecule has 146 valence electrons. The van der Waals surface area contributed by atoms with Crippen LogP contribution in [-0.2, 0) is 6.42 Å². The molecular weight excluding hydrogens is 611 g/mol. The summed E-state index contributed by atoms with van der Waals surface area (Å²) in [4.78, 5) is 14.4. The van der Waals surface area contributed by atoms with Gasteiger partial charge in [-0.1, -0.05) is 35.0 Å². The SMILES string of the molecule is CCc1ccc(-n2nc3ccc(NC(=O)c4cc(Br)cc(Br)c4I)cc3n2)cc1. The van der Waals surface area contributed by atoms with Gasteiger partial charge in [-0.05, 0) is 93.0 Å². The predicted molar refractivity (Wildman–Crippen MR) is 131 cm³/mol. The first-order valence-corrected chi connectivity index (χ1v) is 11.5. The van der Waals surface area contributed by atoms with Crippen molar-refractivity contribution in [1.82, 2.24) is 15.0 Å². The maximum atomic E-state index is 12.8. The van der Waals surface area contributed by atoms with Crippen molar-refractivity contribution in [1.29, 1.82) is 0 Å². The van der Waals surface area contributed by atoms with Crippen LogP contribution >= 0.6 is 54.5 Å². The number of halogens is 3. The monoisotopic (exact) mass is 624 g/mol. The second-order valence-corrected chi connectivity index (χ2v) is 9.26. The van der Waals surface area contributed by atoms with Gasteiger partial charge in [0.1, 0.15) is 11.0 Å². The third-order valence-corrected chi connectivity index (χ3v) is 7.44. The number of anilines is 1. The van der Waals surface area contributed by atoms with Crippen LogP contribution in [0.2, 0.25) is 0 Å². The summed E-state index contributed by atoms with van der Waals surface area (Å²) < 4.78 is 2.55. The number of hydrogen-bond donors (Lipinski definition) is 1. The Morgan fingerprint density at radius 1 is 1.03 bits per heavy atom. The average molecular weight is 626 g/mol. The highest BCUT2D eigenvalue weighted by molar-refractivity contribution is 14.1. The van der Waals surface area contributed by atoms with Crippen molar-refractivity contribution in [2.45, 2.75) is 13.3 Å². The number of hydrogen-bond acceptors (Lipinski definition) is 3. The van der Waals surface area contributed by atoms with E-state index < -0.39 is 0 Å². The molecule has 3 aromatic carbocycles. The second kappa shape index (κ2) is 8.53. The van der Waals surface area contributed by atoms with Crippen molar-refractivity contribution in [3.05, 3.63) is 78.2 Å². The van der Waals surface area contributed by atoms with E-state index in [4.69, 9.17) is 0 Å². The third kappa shape index (κ3) is 4.39. The molecule has 0 saturated carbocycles. The Morgan fingerprint density at radius 2 is 1.76 bits per heavy atom. The number of fused-ring (bicyclic) bond motifs is 1. The molecule has 29 heavy (non-hydrogen) atoms. The first-order chi connectivity index (χ1) is 13.9. The Bertz CT molecular complexity index is 1220. The molecule has 1 amide bonds. The number of carbonyl (C=O) groups is 1. The maximum Gasteiger partial charge on any atom is 0.256 e. The van der Waals surface area contributed by atoms with Gasteiger partial charge in [0.15, 0.2) is 0 Å². The van der Waals surface area contributed by atoms with Crippen molar-refractivity contribution in [3.8, 4) is 5.69 Å². The zero-order valence-electron chi connectivity index (χ0n) is 15.3. The van der Waals surface area contributed by atoms with Crippen LogP contribution in [0, 0.1) is 3.57 Å². The number of nitrogens with one attached hydrogen (secondary N) is 1. The Balaban J connectivity index is 1.61. The van der Waals surface area contributed by atoms with Gasteiger partial charge in [-0.2, -0.15) is 4.80 Å². The standard InChI is InChI=1S/C21H15Br2IN4O/c1-2-12-3-6-15(7-4-12)28-26-18-8-5-14(11-19(18)27-28)25-21(29)16-9-13(22)10-17(23)20(16)24/h3-11H,2H2,1H3,(H,25,29). The van der Waals surface area contributed by atoms with Crippen LogP contribution in [-0.4, -0.2) is 20.9 Å². The lowest BCUT2D eigenvalue weighted by Gasteiger charge is -2.09. The molecule has 4 rings (SSSR count). The fourth-order valence-electron chi connectivity index (χ4n) is 2.89. The lowest BCUT2D eigenvalue weighted by Crippen LogP contribution is -2.13. The van der Waals surface area contributed by atoms with Crippen LogP contribution in [0.4, 0.5) is 5.69 Å². The molecule has 0 unspecified atom stereocenters. The molecule has 0 spiro atoms. The van der Waals surface area contributed by atoms with Gasteiger partial charge in [0, 0.05) is 18.2 Å². The van der Waals surface area contributed by atoms with Crippen molar-refractivity contribution in [3.63, 3.8) is 0 Å². The van der Waals surface area contributed by atoms with Crippen molar-refractivity contribution >= 4 is 77.1 Å². The Labute approximate surface area is 198 Å². The highest BCUT2D eigenvalue weighted by Crippen LogP contribution is 2.28. The largest absolute Gasteiger partial charge is 0.322 e. The minimum atomic E-state index is -0.182. The molecule has 1 heterocycles. The fraction of sp³-hybridized carbons (Fsp3) is 0.0952. The predicted octanol–water partition coefficient (Wildman–Crippen LogP) is 6.36. The van der Waals surface area contributed by atoms with Crippen molar-refractivity contribution in [2.24, 2.45) is 0 Å². The van der Waals surface area contributed by atoms with Gasteiger partial charge >= 0.3 is 0 Å². The molecule has 0 aliphatic carbocycles. The fourth-order valence-corrected chi connectivity index (χ4v) is 4.67. The molecular formula is C21H15Br2IN4O. The summed E-state index contributed by atoms with van der Waals surface area (Å²) in [7, 11) is 0. The maximum absolute atomic E-state index is 12.8. The minimum absolute atomic E-state index is 0.182. The highest BCUT2D eigenvalue weighted by Gasteiger charge is 2.15. The van der Waals surface area contributed by atoms with Crippen molar-refractivity contribution in [2.75, 3.05) is 5.32 Å². The van der Waals surface area contributed by atoms with E-state index >= 15 is 0 Å². The van der Waals surface area contributed by atoms with Gasteiger partial charge in [0.2, 0.25) is 0 Å². The molecule has 4 aromatic rings. The summed E-state index contributed by atoms with van der Waals surface area (Å²) in [6.07, 6.45) is 0.991. The third-order valence-electron chi connectivity index (χ3n) is 4.45. The van der Waals surface area contributed by atoms with Gasteiger partial charge < -0.3 is 5.32 Å². The first kappa shape index (κ1) is 20.5. The number of rotatable bonds is 4. The van der Waals surface area contributed by atoms with Gasteiger partial charge in [-0.15, -0.1) is 10.2 Å². The van der Waals surface area contributed by atoms with E-state index in [1.807, 2.05) is 36.4 Å². The van der Waals surface area contributed by atoms with Crippen LogP contribution in [0.5, 0.6) is 0 Å². The molecule has 0 atom stereocenters. The number of aryl methyl sites for hydroxylation is 1. The summed E-state index contributed by atoms with van der Waals surface area (Å²) in [5.74, 6) is -0.182. The Hall–Kier alpha value is -1.78. The summed E-state index contributed by atoms with van der Waals surface area (Å²) >= 11 is 9.07. The number of aromatic nitrogens is 3. The molecule has 0 aliphatic heterocycles. The molecule has 8 heteroatoms. The summed E-state index contributed by atoms with van der Waals surface area (Å²) in [6, 6.07) is 17.4. The van der Waals surface area contributed by atoms with Gasteiger partial charge in [-0.3, -0.25) is 4.79 Å². The molecule has 5 nitrogen and oxygen atoms in total. The quantitative estimate of drug-likeness (QED) is 0.212. The topological polar surface area (TPSA) is 59.8 Å². The number of nitrogens with zero attached hydrogens (tertiary/aromatic N) is 3. The molecule has 1 aromatic heterocycles. The lowest BCUT2D eigenvalue weighted by atomic mass is 10.2. The number of amides is 1. The molecule has 0 radical (unpaired) electrons. The van der Waals surface area contributed by atoms with E-state index in [1.54, 1.807) is 10.9 Å². The molecule has 0 fully saturated rings. The van der Waals surface area contributed by atoms with E-state index in [0.717, 1.165) is 30.1 Å². The normalized spacial score (nSPS) is 11.0. The molecule has 1 N–H and O–H groups in total. The summed E-state index contributed by atoms with van der Waals surface area (Å²) in [5, 5.41) is 12.0. The first-order valence-electron chi connectivity index (χ1n) is 8.87. The molecule has 0 bridgehead atoms. The van der Waals surface area contributed by atoms with Crippen LogP contribution in [0.3, 0.4) is 0 Å². The smallest absolute Gasteiger partial charge is 0.256 e. The van der Waals surface area contributed by atoms with E-state index in [-0.39, 0.29) is 5.91 Å². The molecule has 0 aliphatic rings. The Morgan fingerprint density at radius 3 is 2.48 bits per heavy atom. The minimum Gasteiger partial charge on any atom is -0.322 e. The average Bonchev–Trinajstić information content (AvgIpc) is 3.14. The van der Waals surface area contributed by atoms with Crippen LogP contribution in [0.15, 0.2) is 63.5 Å². The number of carbonyl (C=O) groups excluding carboxylic acids is 1. The lowest BCUT2D eigenvalue weighted by molar-refractivity contribution is 0.102.